The van der Waals surface area contributed by atoms with Gasteiger partial charge in [0.2, 0.25) is 0 Å². The Labute approximate surface area is 62.2 Å². The van der Waals surface area contributed by atoms with Gasteiger partial charge in [-0.1, -0.05) is 6.08 Å². The molecule has 1 rings (SSSR count). The summed E-state index contributed by atoms with van der Waals surface area (Å²) in [6.45, 7) is 3.90. The predicted octanol–water partition coefficient (Wildman–Crippen LogP) is 0.629. The second-order valence-electron chi connectivity index (χ2n) is 2.97. The maximum absolute atomic E-state index is 9.18. The number of aliphatic hydroxyl groups excluding tert-OH is 1. The lowest BCUT2D eigenvalue weighted by Crippen LogP contribution is -2.26. The van der Waals surface area contributed by atoms with Gasteiger partial charge >= 0.3 is 0 Å². The van der Waals surface area contributed by atoms with E-state index in [2.05, 4.69) is 18.0 Å². The second-order valence-corrected chi connectivity index (χ2v) is 2.97. The summed E-state index contributed by atoms with van der Waals surface area (Å²) in [6, 6.07) is 0. The van der Waals surface area contributed by atoms with Crippen LogP contribution in [-0.4, -0.2) is 36.2 Å². The van der Waals surface area contributed by atoms with E-state index in [0.717, 1.165) is 19.5 Å². The molecule has 1 N–H and O–H groups in total. The lowest BCUT2D eigenvalue weighted by atomic mass is 10.0. The Hall–Kier alpha value is -0.340. The summed E-state index contributed by atoms with van der Waals surface area (Å²) in [5, 5.41) is 9.18. The Morgan fingerprint density at radius 3 is 2.80 bits per heavy atom. The molecule has 0 amide bonds. The van der Waals surface area contributed by atoms with E-state index in [1.807, 2.05) is 6.92 Å². The van der Waals surface area contributed by atoms with Crippen molar-refractivity contribution < 1.29 is 5.11 Å². The van der Waals surface area contributed by atoms with Gasteiger partial charge in [-0.25, -0.2) is 0 Å². The minimum absolute atomic E-state index is 0.242. The molecule has 0 radical (unpaired) electrons. The van der Waals surface area contributed by atoms with Crippen LogP contribution in [-0.2, 0) is 0 Å². The third-order valence-electron chi connectivity index (χ3n) is 1.98. The number of hydrogen-bond donors (Lipinski definition) is 1. The van der Waals surface area contributed by atoms with Crippen molar-refractivity contribution in [3.8, 4) is 0 Å². The van der Waals surface area contributed by atoms with Crippen LogP contribution in [0.3, 0.4) is 0 Å². The lowest BCUT2D eigenvalue weighted by molar-refractivity contribution is 0.216. The van der Waals surface area contributed by atoms with E-state index in [1.165, 1.54) is 5.57 Å². The van der Waals surface area contributed by atoms with Crippen LogP contribution in [0.15, 0.2) is 11.6 Å². The zero-order valence-electron chi connectivity index (χ0n) is 6.67. The van der Waals surface area contributed by atoms with Gasteiger partial charge in [0.25, 0.3) is 0 Å². The van der Waals surface area contributed by atoms with E-state index in [4.69, 9.17) is 0 Å². The fraction of sp³-hybridized carbons (Fsp3) is 0.750. The van der Waals surface area contributed by atoms with Crippen LogP contribution >= 0.6 is 0 Å². The van der Waals surface area contributed by atoms with Crippen LogP contribution < -0.4 is 0 Å². The maximum Gasteiger partial charge on any atom is 0.0722 e. The number of likely N-dealkylation sites (N-methyl/N-ethyl adjacent to an activating group) is 1. The summed E-state index contributed by atoms with van der Waals surface area (Å²) in [7, 11) is 2.09. The number of nitrogens with zero attached hydrogens (tertiary/aromatic N) is 1. The average Bonchev–Trinajstić information content (AvgIpc) is 1.88. The van der Waals surface area contributed by atoms with Crippen LogP contribution in [0.1, 0.15) is 13.3 Å². The summed E-state index contributed by atoms with van der Waals surface area (Å²) in [6.07, 6.45) is 2.90. The van der Waals surface area contributed by atoms with Crippen molar-refractivity contribution in [1.82, 2.24) is 4.90 Å². The molecule has 0 aromatic carbocycles. The van der Waals surface area contributed by atoms with Crippen molar-refractivity contribution in [1.29, 1.82) is 0 Å². The Morgan fingerprint density at radius 1 is 1.70 bits per heavy atom. The molecule has 0 spiro atoms. The third-order valence-corrected chi connectivity index (χ3v) is 1.98. The van der Waals surface area contributed by atoms with E-state index >= 15 is 0 Å². The molecule has 0 saturated carbocycles. The van der Waals surface area contributed by atoms with E-state index in [1.54, 1.807) is 0 Å². The maximum atomic E-state index is 9.18. The van der Waals surface area contributed by atoms with Gasteiger partial charge in [-0.05, 0) is 26.0 Å². The quantitative estimate of drug-likeness (QED) is 0.541. The third kappa shape index (κ3) is 1.82. The molecule has 0 fully saturated rings. The average molecular weight is 141 g/mol. The zero-order valence-corrected chi connectivity index (χ0v) is 6.67. The molecule has 0 aliphatic carbocycles. The normalized spacial score (nSPS) is 24.1. The predicted molar refractivity (Wildman–Crippen MR) is 41.9 cm³/mol. The van der Waals surface area contributed by atoms with Crippen LogP contribution in [0.25, 0.3) is 0 Å². The lowest BCUT2D eigenvalue weighted by Gasteiger charge is -2.23. The molecule has 10 heavy (non-hydrogen) atoms. The highest BCUT2D eigenvalue weighted by atomic mass is 16.3. The summed E-state index contributed by atoms with van der Waals surface area (Å²) in [5.41, 5.74) is 1.19. The first-order valence-corrected chi connectivity index (χ1v) is 3.75. The van der Waals surface area contributed by atoms with Crippen molar-refractivity contribution >= 4 is 0 Å². The van der Waals surface area contributed by atoms with Crippen molar-refractivity contribution in [2.45, 2.75) is 19.4 Å². The van der Waals surface area contributed by atoms with Crippen LogP contribution in [0, 0.1) is 0 Å². The number of aliphatic hydroxyl groups is 1. The number of rotatable bonds is 1. The van der Waals surface area contributed by atoms with Crippen molar-refractivity contribution in [3.05, 3.63) is 11.6 Å². The minimum Gasteiger partial charge on any atom is -0.389 e. The van der Waals surface area contributed by atoms with E-state index < -0.39 is 0 Å². The smallest absolute Gasteiger partial charge is 0.0722 e. The molecule has 2 heteroatoms. The first kappa shape index (κ1) is 7.76. The summed E-state index contributed by atoms with van der Waals surface area (Å²) >= 11 is 0. The molecule has 2 nitrogen and oxygen atoms in total. The van der Waals surface area contributed by atoms with Gasteiger partial charge in [0.1, 0.15) is 0 Å². The molecule has 0 aromatic heterocycles. The highest BCUT2D eigenvalue weighted by molar-refractivity contribution is 5.10. The van der Waals surface area contributed by atoms with Gasteiger partial charge in [0, 0.05) is 13.1 Å². The molecule has 58 valence electrons. The molecule has 0 saturated heterocycles. The van der Waals surface area contributed by atoms with E-state index in [0.29, 0.717) is 0 Å². The van der Waals surface area contributed by atoms with Crippen molar-refractivity contribution in [2.75, 3.05) is 20.1 Å². The van der Waals surface area contributed by atoms with Gasteiger partial charge in [0.15, 0.2) is 0 Å². The molecule has 1 aliphatic rings. The Kier molecular flexibility index (Phi) is 2.46. The Balaban J connectivity index is 2.48. The summed E-state index contributed by atoms with van der Waals surface area (Å²) in [4.78, 5) is 2.24. The highest BCUT2D eigenvalue weighted by Crippen LogP contribution is 2.12. The summed E-state index contributed by atoms with van der Waals surface area (Å²) < 4.78 is 0. The first-order valence-electron chi connectivity index (χ1n) is 3.75. The van der Waals surface area contributed by atoms with Crippen molar-refractivity contribution in [2.24, 2.45) is 0 Å². The fourth-order valence-corrected chi connectivity index (χ4v) is 1.17. The van der Waals surface area contributed by atoms with Gasteiger partial charge in [-0.2, -0.15) is 0 Å². The van der Waals surface area contributed by atoms with E-state index in [-0.39, 0.29) is 6.10 Å². The molecule has 1 aliphatic heterocycles. The Bertz CT molecular complexity index is 140. The minimum atomic E-state index is -0.242. The van der Waals surface area contributed by atoms with Gasteiger partial charge < -0.3 is 10.0 Å². The van der Waals surface area contributed by atoms with Crippen LogP contribution in [0.5, 0.6) is 0 Å². The molecule has 1 unspecified atom stereocenters. The molecule has 0 bridgehead atoms. The molecule has 1 atom stereocenters. The SMILES string of the molecule is CC(O)C1=CCN(C)CC1. The second kappa shape index (κ2) is 3.17. The van der Waals surface area contributed by atoms with Gasteiger partial charge in [-0.15, -0.1) is 0 Å². The zero-order chi connectivity index (χ0) is 7.56. The van der Waals surface area contributed by atoms with E-state index in [9.17, 15) is 5.11 Å². The topological polar surface area (TPSA) is 23.5 Å². The molecular weight excluding hydrogens is 126 g/mol. The molecule has 0 aromatic rings. The van der Waals surface area contributed by atoms with Crippen LogP contribution in [0.2, 0.25) is 0 Å². The standard InChI is InChI=1S/C8H15NO/c1-7(10)8-3-5-9(2)6-4-8/h3,7,10H,4-6H2,1-2H3. The number of hydrogen-bond acceptors (Lipinski definition) is 2. The summed E-state index contributed by atoms with van der Waals surface area (Å²) in [5.74, 6) is 0. The molecular formula is C8H15NO. The fourth-order valence-electron chi connectivity index (χ4n) is 1.17. The van der Waals surface area contributed by atoms with Crippen molar-refractivity contribution in [3.63, 3.8) is 0 Å². The van der Waals surface area contributed by atoms with Crippen LogP contribution in [0.4, 0.5) is 0 Å². The largest absolute Gasteiger partial charge is 0.389 e. The van der Waals surface area contributed by atoms with Gasteiger partial charge in [-0.3, -0.25) is 0 Å². The monoisotopic (exact) mass is 141 g/mol. The molecule has 1 heterocycles. The Morgan fingerprint density at radius 2 is 2.40 bits per heavy atom. The van der Waals surface area contributed by atoms with Gasteiger partial charge in [0.05, 0.1) is 6.10 Å². The highest BCUT2D eigenvalue weighted by Gasteiger charge is 2.10. The first-order chi connectivity index (χ1) is 4.70.